The zero-order chi connectivity index (χ0) is 12.4. The predicted octanol–water partition coefficient (Wildman–Crippen LogP) is 1.93. The van der Waals surface area contributed by atoms with Crippen LogP contribution in [0.1, 0.15) is 18.4 Å². The summed E-state index contributed by atoms with van der Waals surface area (Å²) in [4.78, 5) is 11.6. The Hall–Kier alpha value is -1.81. The van der Waals surface area contributed by atoms with Crippen LogP contribution in [0, 0.1) is 0 Å². The lowest BCUT2D eigenvalue weighted by atomic mass is 9.86. The minimum Gasteiger partial charge on any atom is -0.444 e. The molecule has 1 fully saturated rings. The second-order valence-corrected chi connectivity index (χ2v) is 4.73. The van der Waals surface area contributed by atoms with Crippen LogP contribution in [0.15, 0.2) is 42.1 Å². The third kappa shape index (κ3) is 2.38. The van der Waals surface area contributed by atoms with Crippen LogP contribution in [0.25, 0.3) is 0 Å². The molecule has 0 spiro atoms. The van der Waals surface area contributed by atoms with Crippen molar-refractivity contribution < 1.29 is 9.53 Å². The van der Waals surface area contributed by atoms with Gasteiger partial charge < -0.3 is 10.1 Å². The second-order valence-electron chi connectivity index (χ2n) is 4.73. The van der Waals surface area contributed by atoms with Gasteiger partial charge in [0.2, 0.25) is 0 Å². The molecule has 2 atom stereocenters. The Balaban J connectivity index is 1.49. The molecule has 0 saturated carbocycles. The van der Waals surface area contributed by atoms with E-state index in [2.05, 4.69) is 16.7 Å². The molecule has 1 saturated heterocycles. The summed E-state index contributed by atoms with van der Waals surface area (Å²) in [5.41, 5.74) is 1.95. The molecule has 1 amide bonds. The maximum absolute atomic E-state index is 11.6. The van der Waals surface area contributed by atoms with Gasteiger partial charge in [-0.15, -0.1) is 0 Å². The van der Waals surface area contributed by atoms with Crippen LogP contribution in [0.4, 0.5) is 4.79 Å². The smallest absolute Gasteiger partial charge is 0.411 e. The molecule has 1 aromatic rings. The molecular formula is C14H16N2O2. The Kier molecular flexibility index (Phi) is 3.02. The second kappa shape index (κ2) is 4.82. The van der Waals surface area contributed by atoms with E-state index in [0.29, 0.717) is 18.7 Å². The minimum atomic E-state index is -0.378. The number of ether oxygens (including phenoxy) is 1. The molecule has 4 heteroatoms. The highest BCUT2D eigenvalue weighted by molar-refractivity contribution is 5.70. The van der Waals surface area contributed by atoms with E-state index in [1.54, 1.807) is 0 Å². The maximum atomic E-state index is 11.6. The summed E-state index contributed by atoms with van der Waals surface area (Å²) < 4.78 is 5.18. The third-order valence-corrected chi connectivity index (χ3v) is 3.41. The Labute approximate surface area is 106 Å². The van der Waals surface area contributed by atoms with Crippen molar-refractivity contribution in [2.24, 2.45) is 0 Å². The fourth-order valence-corrected chi connectivity index (χ4v) is 2.35. The Morgan fingerprint density at radius 1 is 1.39 bits per heavy atom. The first-order valence-electron chi connectivity index (χ1n) is 6.25. The molecule has 2 aliphatic heterocycles. The van der Waals surface area contributed by atoms with Gasteiger partial charge in [0.1, 0.15) is 6.61 Å². The average Bonchev–Trinajstić information content (AvgIpc) is 2.37. The molecule has 2 unspecified atom stereocenters. The lowest BCUT2D eigenvalue weighted by Crippen LogP contribution is -2.58. The molecule has 94 valence electrons. The van der Waals surface area contributed by atoms with E-state index >= 15 is 0 Å². The quantitative estimate of drug-likeness (QED) is 0.854. The van der Waals surface area contributed by atoms with Crippen molar-refractivity contribution in [3.8, 4) is 0 Å². The van der Waals surface area contributed by atoms with E-state index in [9.17, 15) is 4.79 Å². The fourth-order valence-electron chi connectivity index (χ4n) is 2.35. The van der Waals surface area contributed by atoms with Crippen LogP contribution < -0.4 is 10.6 Å². The number of amides is 1. The van der Waals surface area contributed by atoms with E-state index in [1.807, 2.05) is 30.3 Å². The van der Waals surface area contributed by atoms with Gasteiger partial charge in [0, 0.05) is 17.8 Å². The molecular weight excluding hydrogens is 228 g/mol. The van der Waals surface area contributed by atoms with Crippen LogP contribution in [-0.4, -0.2) is 18.2 Å². The SMILES string of the molecule is O=C(NC1=CCC2CC1N2)OCc1ccccc1. The molecule has 2 N–H and O–H groups in total. The van der Waals surface area contributed by atoms with Crippen LogP contribution in [0.2, 0.25) is 0 Å². The molecule has 18 heavy (non-hydrogen) atoms. The van der Waals surface area contributed by atoms with Crippen molar-refractivity contribution in [2.45, 2.75) is 31.5 Å². The van der Waals surface area contributed by atoms with Crippen molar-refractivity contribution in [2.75, 3.05) is 0 Å². The standard InChI is InChI=1S/C14H16N2O2/c17-14(18-9-10-4-2-1-3-5-10)16-12-7-6-11-8-13(12)15-11/h1-5,7,11,13,15H,6,8-9H2,(H,16,17). The summed E-state index contributed by atoms with van der Waals surface area (Å²) in [5.74, 6) is 0. The number of nitrogens with one attached hydrogen (secondary N) is 2. The van der Waals surface area contributed by atoms with Crippen LogP contribution >= 0.6 is 0 Å². The summed E-state index contributed by atoms with van der Waals surface area (Å²) in [6.45, 7) is 0.306. The van der Waals surface area contributed by atoms with Crippen LogP contribution in [-0.2, 0) is 11.3 Å². The van der Waals surface area contributed by atoms with Crippen molar-refractivity contribution in [1.29, 1.82) is 0 Å². The van der Waals surface area contributed by atoms with Crippen molar-refractivity contribution in [3.63, 3.8) is 0 Å². The van der Waals surface area contributed by atoms with Gasteiger partial charge in [0.05, 0.1) is 0 Å². The number of carbonyl (C=O) groups excluding carboxylic acids is 1. The van der Waals surface area contributed by atoms with E-state index in [1.165, 1.54) is 0 Å². The van der Waals surface area contributed by atoms with Crippen molar-refractivity contribution in [3.05, 3.63) is 47.7 Å². The van der Waals surface area contributed by atoms with E-state index in [0.717, 1.165) is 24.1 Å². The van der Waals surface area contributed by atoms with Gasteiger partial charge in [0.25, 0.3) is 0 Å². The highest BCUT2D eigenvalue weighted by atomic mass is 16.5. The number of fused-ring (bicyclic) bond motifs is 1. The summed E-state index contributed by atoms with van der Waals surface area (Å²) in [6, 6.07) is 10.6. The minimum absolute atomic E-state index is 0.306. The summed E-state index contributed by atoms with van der Waals surface area (Å²) in [7, 11) is 0. The van der Waals surface area contributed by atoms with Crippen molar-refractivity contribution in [1.82, 2.24) is 10.6 Å². The fraction of sp³-hybridized carbons (Fsp3) is 0.357. The maximum Gasteiger partial charge on any atom is 0.411 e. The Bertz CT molecular complexity index is 464. The zero-order valence-corrected chi connectivity index (χ0v) is 10.1. The molecule has 4 rings (SSSR count). The first-order chi connectivity index (χ1) is 8.81. The summed E-state index contributed by atoms with van der Waals surface area (Å²) >= 11 is 0. The van der Waals surface area contributed by atoms with Gasteiger partial charge in [-0.3, -0.25) is 5.32 Å². The third-order valence-electron chi connectivity index (χ3n) is 3.41. The first kappa shape index (κ1) is 11.3. The molecule has 0 aromatic heterocycles. The number of hydrogen-bond donors (Lipinski definition) is 2. The lowest BCUT2D eigenvalue weighted by Gasteiger charge is -2.42. The van der Waals surface area contributed by atoms with Gasteiger partial charge in [-0.2, -0.15) is 0 Å². The highest BCUT2D eigenvalue weighted by Gasteiger charge is 2.34. The normalized spacial score (nSPS) is 24.8. The predicted molar refractivity (Wildman–Crippen MR) is 67.8 cm³/mol. The summed E-state index contributed by atoms with van der Waals surface area (Å²) in [5, 5.41) is 6.18. The summed E-state index contributed by atoms with van der Waals surface area (Å²) in [6.07, 6.45) is 3.81. The molecule has 1 aliphatic carbocycles. The topological polar surface area (TPSA) is 50.4 Å². The Morgan fingerprint density at radius 2 is 2.17 bits per heavy atom. The highest BCUT2D eigenvalue weighted by Crippen LogP contribution is 2.26. The first-order valence-corrected chi connectivity index (χ1v) is 6.25. The molecule has 2 bridgehead atoms. The number of benzene rings is 1. The average molecular weight is 244 g/mol. The van der Waals surface area contributed by atoms with Crippen LogP contribution in [0.5, 0.6) is 0 Å². The molecule has 0 radical (unpaired) electrons. The van der Waals surface area contributed by atoms with Gasteiger partial charge in [-0.25, -0.2) is 4.79 Å². The molecule has 2 heterocycles. The van der Waals surface area contributed by atoms with Crippen molar-refractivity contribution >= 4 is 6.09 Å². The van der Waals surface area contributed by atoms with Crippen LogP contribution in [0.3, 0.4) is 0 Å². The number of carbonyl (C=O) groups is 1. The number of rotatable bonds is 3. The largest absolute Gasteiger partial charge is 0.444 e. The Morgan fingerprint density at radius 3 is 2.83 bits per heavy atom. The molecule has 1 aromatic carbocycles. The zero-order valence-electron chi connectivity index (χ0n) is 10.1. The lowest BCUT2D eigenvalue weighted by molar-refractivity contribution is 0.139. The van der Waals surface area contributed by atoms with E-state index in [-0.39, 0.29) is 6.09 Å². The number of hydrogen-bond acceptors (Lipinski definition) is 3. The number of alkyl carbamates (subject to hydrolysis) is 1. The monoisotopic (exact) mass is 244 g/mol. The van der Waals surface area contributed by atoms with Gasteiger partial charge in [-0.05, 0) is 18.4 Å². The van der Waals surface area contributed by atoms with E-state index < -0.39 is 0 Å². The molecule has 3 aliphatic rings. The van der Waals surface area contributed by atoms with Gasteiger partial charge >= 0.3 is 6.09 Å². The van der Waals surface area contributed by atoms with E-state index in [4.69, 9.17) is 4.74 Å². The van der Waals surface area contributed by atoms with Gasteiger partial charge in [0.15, 0.2) is 0 Å². The van der Waals surface area contributed by atoms with Gasteiger partial charge in [-0.1, -0.05) is 36.4 Å². The molecule has 4 nitrogen and oxygen atoms in total.